The number of benzene rings is 2. The highest BCUT2D eigenvalue weighted by atomic mass is 32.2. The molecule has 1 aliphatic rings. The van der Waals surface area contributed by atoms with Crippen molar-refractivity contribution in [1.82, 2.24) is 0 Å². The molecule has 1 fully saturated rings. The quantitative estimate of drug-likeness (QED) is 0.715. The molecule has 3 rings (SSSR count). The molecule has 0 spiro atoms. The third-order valence-electron chi connectivity index (χ3n) is 4.24. The standard InChI is InChI=1S/C21H19NO6S/c1-12-4-5-13(2)15(8-12)22-20(25)18(29-21(22)26)10-14-6-7-16(17(9-14)27-3)28-11-19(23)24/h4-10H,11H2,1-3H3,(H,23,24)/b18-10+. The molecule has 0 aliphatic carbocycles. The van der Waals surface area contributed by atoms with E-state index in [9.17, 15) is 14.4 Å². The average Bonchev–Trinajstić information content (AvgIpc) is 2.95. The van der Waals surface area contributed by atoms with Gasteiger partial charge < -0.3 is 14.6 Å². The second kappa shape index (κ2) is 8.40. The Balaban J connectivity index is 1.89. The molecule has 1 N–H and O–H groups in total. The average molecular weight is 413 g/mol. The first-order valence-electron chi connectivity index (χ1n) is 8.68. The zero-order chi connectivity index (χ0) is 21.1. The summed E-state index contributed by atoms with van der Waals surface area (Å²) in [5.74, 6) is -0.889. The van der Waals surface area contributed by atoms with Crippen LogP contribution in [-0.4, -0.2) is 35.9 Å². The summed E-state index contributed by atoms with van der Waals surface area (Å²) in [6.07, 6.45) is 1.60. The Bertz CT molecular complexity index is 1030. The summed E-state index contributed by atoms with van der Waals surface area (Å²) >= 11 is 0.867. The van der Waals surface area contributed by atoms with Gasteiger partial charge in [0.2, 0.25) is 0 Å². The van der Waals surface area contributed by atoms with Crippen LogP contribution in [0.25, 0.3) is 6.08 Å². The van der Waals surface area contributed by atoms with Gasteiger partial charge in [-0.3, -0.25) is 9.59 Å². The van der Waals surface area contributed by atoms with Crippen LogP contribution in [0.5, 0.6) is 11.5 Å². The minimum Gasteiger partial charge on any atom is -0.493 e. The van der Waals surface area contributed by atoms with Gasteiger partial charge in [0.15, 0.2) is 18.1 Å². The lowest BCUT2D eigenvalue weighted by Gasteiger charge is -2.16. The number of hydrogen-bond acceptors (Lipinski definition) is 6. The van der Waals surface area contributed by atoms with E-state index in [0.29, 0.717) is 17.0 Å². The molecular formula is C21H19NO6S. The highest BCUT2D eigenvalue weighted by Gasteiger charge is 2.37. The predicted octanol–water partition coefficient (Wildman–Crippen LogP) is 4.02. The number of nitrogens with zero attached hydrogens (tertiary/aromatic N) is 1. The molecule has 150 valence electrons. The molecule has 2 aromatic rings. The Kier molecular flexibility index (Phi) is 5.93. The number of methoxy groups -OCH3 is 1. The van der Waals surface area contributed by atoms with Crippen LogP contribution in [0.3, 0.4) is 0 Å². The van der Waals surface area contributed by atoms with Crippen LogP contribution in [0.4, 0.5) is 10.5 Å². The molecule has 0 aromatic heterocycles. The first-order chi connectivity index (χ1) is 13.8. The van der Waals surface area contributed by atoms with Gasteiger partial charge in [0, 0.05) is 0 Å². The smallest absolute Gasteiger partial charge is 0.341 e. The number of thioether (sulfide) groups is 1. The Hall–Kier alpha value is -3.26. The van der Waals surface area contributed by atoms with E-state index >= 15 is 0 Å². The van der Waals surface area contributed by atoms with E-state index in [2.05, 4.69) is 0 Å². The summed E-state index contributed by atoms with van der Waals surface area (Å²) in [4.78, 5) is 37.5. The van der Waals surface area contributed by atoms with Crippen LogP contribution in [0.15, 0.2) is 41.3 Å². The molecule has 0 saturated carbocycles. The summed E-state index contributed by atoms with van der Waals surface area (Å²) in [6, 6.07) is 10.4. The molecular weight excluding hydrogens is 394 g/mol. The van der Waals surface area contributed by atoms with Crippen LogP contribution < -0.4 is 14.4 Å². The number of amides is 2. The maximum absolute atomic E-state index is 12.9. The number of imide groups is 1. The first kappa shape index (κ1) is 20.5. The number of aliphatic carboxylic acids is 1. The first-order valence-corrected chi connectivity index (χ1v) is 9.49. The van der Waals surface area contributed by atoms with Gasteiger partial charge in [-0.1, -0.05) is 18.2 Å². The van der Waals surface area contributed by atoms with Crippen molar-refractivity contribution >= 4 is 40.6 Å². The maximum Gasteiger partial charge on any atom is 0.341 e. The molecule has 0 unspecified atom stereocenters. The number of carbonyl (C=O) groups excluding carboxylic acids is 2. The lowest BCUT2D eigenvalue weighted by molar-refractivity contribution is -0.139. The van der Waals surface area contributed by atoms with Crippen molar-refractivity contribution in [2.45, 2.75) is 13.8 Å². The number of carboxylic acid groups (broad SMARTS) is 1. The molecule has 1 aliphatic heterocycles. The van der Waals surface area contributed by atoms with E-state index in [1.54, 1.807) is 24.3 Å². The number of anilines is 1. The molecule has 0 bridgehead atoms. The number of rotatable bonds is 6. The SMILES string of the molecule is COc1cc(/C=C2/SC(=O)N(c3cc(C)ccc3C)C2=O)ccc1OCC(=O)O. The van der Waals surface area contributed by atoms with Gasteiger partial charge in [-0.05, 0) is 66.6 Å². The Morgan fingerprint density at radius 1 is 1.14 bits per heavy atom. The lowest BCUT2D eigenvalue weighted by Crippen LogP contribution is -2.28. The summed E-state index contributed by atoms with van der Waals surface area (Å²) in [6.45, 7) is 3.25. The highest BCUT2D eigenvalue weighted by Crippen LogP contribution is 2.38. The van der Waals surface area contributed by atoms with E-state index < -0.39 is 12.6 Å². The predicted molar refractivity (Wildman–Crippen MR) is 110 cm³/mol. The topological polar surface area (TPSA) is 93.1 Å². The van der Waals surface area contributed by atoms with Crippen molar-refractivity contribution < 1.29 is 29.0 Å². The van der Waals surface area contributed by atoms with Crippen molar-refractivity contribution in [3.63, 3.8) is 0 Å². The molecule has 0 radical (unpaired) electrons. The van der Waals surface area contributed by atoms with Crippen LogP contribution >= 0.6 is 11.8 Å². The van der Waals surface area contributed by atoms with Crippen LogP contribution in [0.2, 0.25) is 0 Å². The normalized spacial score (nSPS) is 15.1. The maximum atomic E-state index is 12.9. The third kappa shape index (κ3) is 4.43. The minimum absolute atomic E-state index is 0.274. The monoisotopic (exact) mass is 413 g/mol. The van der Waals surface area contributed by atoms with E-state index in [4.69, 9.17) is 14.6 Å². The second-order valence-electron chi connectivity index (χ2n) is 6.40. The van der Waals surface area contributed by atoms with Crippen LogP contribution in [-0.2, 0) is 9.59 Å². The molecule has 0 atom stereocenters. The number of carbonyl (C=O) groups is 3. The molecule has 7 nitrogen and oxygen atoms in total. The summed E-state index contributed by atoms with van der Waals surface area (Å²) in [5, 5.41) is 8.38. The van der Waals surface area contributed by atoms with Crippen molar-refractivity contribution in [1.29, 1.82) is 0 Å². The van der Waals surface area contributed by atoms with Gasteiger partial charge in [-0.25, -0.2) is 9.69 Å². The summed E-state index contributed by atoms with van der Waals surface area (Å²) < 4.78 is 10.4. The van der Waals surface area contributed by atoms with Gasteiger partial charge in [0.05, 0.1) is 17.7 Å². The number of aryl methyl sites for hydroxylation is 2. The van der Waals surface area contributed by atoms with Crippen molar-refractivity contribution in [2.24, 2.45) is 0 Å². The minimum atomic E-state index is -1.10. The highest BCUT2D eigenvalue weighted by molar-refractivity contribution is 8.19. The number of ether oxygens (including phenoxy) is 2. The fourth-order valence-electron chi connectivity index (χ4n) is 2.82. The zero-order valence-electron chi connectivity index (χ0n) is 16.1. The van der Waals surface area contributed by atoms with Gasteiger partial charge in [-0.2, -0.15) is 0 Å². The van der Waals surface area contributed by atoms with Crippen molar-refractivity contribution in [3.8, 4) is 11.5 Å². The second-order valence-corrected chi connectivity index (χ2v) is 7.39. The number of carboxylic acids is 1. The van der Waals surface area contributed by atoms with E-state index in [-0.39, 0.29) is 21.8 Å². The van der Waals surface area contributed by atoms with Gasteiger partial charge in [0.1, 0.15) is 0 Å². The van der Waals surface area contributed by atoms with E-state index in [1.165, 1.54) is 12.0 Å². The lowest BCUT2D eigenvalue weighted by atomic mass is 10.1. The summed E-state index contributed by atoms with van der Waals surface area (Å²) in [7, 11) is 1.43. The van der Waals surface area contributed by atoms with Crippen LogP contribution in [0, 0.1) is 13.8 Å². The summed E-state index contributed by atoms with van der Waals surface area (Å²) in [5.41, 5.74) is 2.98. The Morgan fingerprint density at radius 3 is 2.59 bits per heavy atom. The molecule has 2 amide bonds. The van der Waals surface area contributed by atoms with Crippen molar-refractivity contribution in [2.75, 3.05) is 18.6 Å². The van der Waals surface area contributed by atoms with E-state index in [0.717, 1.165) is 22.9 Å². The van der Waals surface area contributed by atoms with E-state index in [1.807, 2.05) is 32.0 Å². The fourth-order valence-corrected chi connectivity index (χ4v) is 3.65. The van der Waals surface area contributed by atoms with Gasteiger partial charge in [-0.15, -0.1) is 0 Å². The fraction of sp³-hybridized carbons (Fsp3) is 0.190. The largest absolute Gasteiger partial charge is 0.493 e. The molecule has 8 heteroatoms. The van der Waals surface area contributed by atoms with Crippen molar-refractivity contribution in [3.05, 3.63) is 58.0 Å². The molecule has 1 heterocycles. The van der Waals surface area contributed by atoms with Crippen LogP contribution in [0.1, 0.15) is 16.7 Å². The zero-order valence-corrected chi connectivity index (χ0v) is 16.9. The molecule has 29 heavy (non-hydrogen) atoms. The Labute approximate surface area is 171 Å². The van der Waals surface area contributed by atoms with Gasteiger partial charge >= 0.3 is 5.97 Å². The Morgan fingerprint density at radius 2 is 1.90 bits per heavy atom. The molecule has 1 saturated heterocycles. The molecule has 2 aromatic carbocycles. The number of hydrogen-bond donors (Lipinski definition) is 1. The van der Waals surface area contributed by atoms with Gasteiger partial charge in [0.25, 0.3) is 11.1 Å². The third-order valence-corrected chi connectivity index (χ3v) is 5.11.